The Balaban J connectivity index is 1.52. The predicted octanol–water partition coefficient (Wildman–Crippen LogP) is 3.99. The Morgan fingerprint density at radius 1 is 1.10 bits per heavy atom. The van der Waals surface area contributed by atoms with E-state index in [1.807, 2.05) is 67.6 Å². The summed E-state index contributed by atoms with van der Waals surface area (Å²) < 4.78 is 6.83. The van der Waals surface area contributed by atoms with Gasteiger partial charge in [-0.2, -0.15) is 0 Å². The molecule has 0 fully saturated rings. The van der Waals surface area contributed by atoms with Crippen molar-refractivity contribution in [3.8, 4) is 5.75 Å². The molecule has 6 nitrogen and oxygen atoms in total. The molecule has 3 aromatic carbocycles. The van der Waals surface area contributed by atoms with Gasteiger partial charge in [-0.1, -0.05) is 48.2 Å². The van der Waals surface area contributed by atoms with E-state index in [4.69, 9.17) is 9.72 Å². The lowest BCUT2D eigenvalue weighted by molar-refractivity contribution is -0.118. The molecule has 7 heteroatoms. The highest BCUT2D eigenvalue weighted by Gasteiger charge is 2.13. The quantitative estimate of drug-likeness (QED) is 0.271. The summed E-state index contributed by atoms with van der Waals surface area (Å²) in [6, 6.07) is 19.3. The number of rotatable bonds is 7. The zero-order chi connectivity index (χ0) is 21.8. The van der Waals surface area contributed by atoms with Crippen molar-refractivity contribution in [2.45, 2.75) is 25.2 Å². The van der Waals surface area contributed by atoms with E-state index in [1.54, 1.807) is 11.7 Å². The second-order valence-corrected chi connectivity index (χ2v) is 8.02. The first-order valence-electron chi connectivity index (χ1n) is 10.0. The topological polar surface area (TPSA) is 73.2 Å². The molecule has 4 rings (SSSR count). The maximum Gasteiger partial charge on any atom is 0.262 e. The Morgan fingerprint density at radius 3 is 2.61 bits per heavy atom. The maximum absolute atomic E-state index is 13.0. The first kappa shape index (κ1) is 20.9. The van der Waals surface area contributed by atoms with Gasteiger partial charge in [-0.05, 0) is 47.5 Å². The molecule has 0 aliphatic rings. The van der Waals surface area contributed by atoms with Crippen LogP contribution >= 0.6 is 11.8 Å². The van der Waals surface area contributed by atoms with E-state index in [0.29, 0.717) is 29.1 Å². The minimum absolute atomic E-state index is 0.0856. The molecule has 0 saturated carbocycles. The maximum atomic E-state index is 13.0. The Labute approximate surface area is 184 Å². The Kier molecular flexibility index (Phi) is 6.23. The van der Waals surface area contributed by atoms with Gasteiger partial charge in [0.15, 0.2) is 5.16 Å². The largest absolute Gasteiger partial charge is 0.497 e. The summed E-state index contributed by atoms with van der Waals surface area (Å²) in [4.78, 5) is 30.1. The molecule has 0 unspecified atom stereocenters. The molecule has 0 aliphatic carbocycles. The zero-order valence-electron chi connectivity index (χ0n) is 17.4. The van der Waals surface area contributed by atoms with Crippen LogP contribution in [0.3, 0.4) is 0 Å². The fourth-order valence-corrected chi connectivity index (χ4v) is 4.33. The highest BCUT2D eigenvalue weighted by atomic mass is 32.2. The number of benzene rings is 3. The van der Waals surface area contributed by atoms with Crippen LogP contribution in [0.2, 0.25) is 0 Å². The Hall–Kier alpha value is -3.32. The van der Waals surface area contributed by atoms with E-state index in [1.165, 1.54) is 11.8 Å². The highest BCUT2D eigenvalue weighted by Crippen LogP contribution is 2.22. The van der Waals surface area contributed by atoms with Gasteiger partial charge in [0.1, 0.15) is 5.75 Å². The van der Waals surface area contributed by atoms with Gasteiger partial charge in [-0.15, -0.1) is 0 Å². The van der Waals surface area contributed by atoms with Crippen LogP contribution in [0.1, 0.15) is 12.5 Å². The molecule has 0 bridgehead atoms. The molecule has 1 amide bonds. The fraction of sp³-hybridized carbons (Fsp3) is 0.208. The number of nitrogens with zero attached hydrogens (tertiary/aromatic N) is 2. The number of amides is 1. The summed E-state index contributed by atoms with van der Waals surface area (Å²) in [6.07, 6.45) is 0. The molecular formula is C24H23N3O3S. The third-order valence-corrected chi connectivity index (χ3v) is 6.04. The van der Waals surface area contributed by atoms with Crippen LogP contribution in [0.15, 0.2) is 70.6 Å². The second-order valence-electron chi connectivity index (χ2n) is 7.08. The standard InChI is InChI=1S/C24H23N3O3S/c1-3-27-23(29)20-12-17-8-4-5-9-18(17)13-21(20)26-24(27)31-15-22(28)25-14-16-7-6-10-19(11-16)30-2/h4-13H,3,14-15H2,1-2H3,(H,25,28). The molecule has 31 heavy (non-hydrogen) atoms. The van der Waals surface area contributed by atoms with Gasteiger partial charge in [-0.3, -0.25) is 14.2 Å². The van der Waals surface area contributed by atoms with Crippen LogP contribution in [0, 0.1) is 0 Å². The normalized spacial score (nSPS) is 11.0. The van der Waals surface area contributed by atoms with E-state index in [2.05, 4.69) is 5.32 Å². The van der Waals surface area contributed by atoms with Crippen molar-refractivity contribution in [3.05, 3.63) is 76.6 Å². The van der Waals surface area contributed by atoms with E-state index in [0.717, 1.165) is 22.1 Å². The number of methoxy groups -OCH3 is 1. The third kappa shape index (κ3) is 4.56. The van der Waals surface area contributed by atoms with Crippen LogP contribution in [-0.2, 0) is 17.9 Å². The van der Waals surface area contributed by atoms with Crippen molar-refractivity contribution in [3.63, 3.8) is 0 Å². The van der Waals surface area contributed by atoms with Gasteiger partial charge >= 0.3 is 0 Å². The van der Waals surface area contributed by atoms with Crippen molar-refractivity contribution in [1.29, 1.82) is 0 Å². The molecule has 158 valence electrons. The summed E-state index contributed by atoms with van der Waals surface area (Å²) in [7, 11) is 1.61. The molecule has 0 spiro atoms. The Morgan fingerprint density at radius 2 is 1.87 bits per heavy atom. The van der Waals surface area contributed by atoms with E-state index in [-0.39, 0.29) is 17.2 Å². The summed E-state index contributed by atoms with van der Waals surface area (Å²) in [5, 5.41) is 6.08. The third-order valence-electron chi connectivity index (χ3n) is 5.06. The van der Waals surface area contributed by atoms with Crippen LogP contribution in [-0.4, -0.2) is 28.3 Å². The van der Waals surface area contributed by atoms with Gasteiger partial charge in [0.05, 0.1) is 23.8 Å². The molecule has 0 aliphatic heterocycles. The fourth-order valence-electron chi connectivity index (χ4n) is 3.44. The zero-order valence-corrected chi connectivity index (χ0v) is 18.2. The molecule has 4 aromatic rings. The lowest BCUT2D eigenvalue weighted by atomic mass is 10.1. The minimum Gasteiger partial charge on any atom is -0.497 e. The smallest absolute Gasteiger partial charge is 0.262 e. The lowest BCUT2D eigenvalue weighted by Crippen LogP contribution is -2.26. The van der Waals surface area contributed by atoms with E-state index < -0.39 is 0 Å². The number of nitrogens with one attached hydrogen (secondary N) is 1. The predicted molar refractivity (Wildman–Crippen MR) is 125 cm³/mol. The van der Waals surface area contributed by atoms with Gasteiger partial charge in [0.2, 0.25) is 5.91 Å². The summed E-state index contributed by atoms with van der Waals surface area (Å²) in [5.41, 5.74) is 1.52. The summed E-state index contributed by atoms with van der Waals surface area (Å²) in [6.45, 7) is 2.81. The summed E-state index contributed by atoms with van der Waals surface area (Å²) in [5.74, 6) is 0.805. The monoisotopic (exact) mass is 433 g/mol. The molecule has 1 N–H and O–H groups in total. The number of ether oxygens (including phenoxy) is 1. The van der Waals surface area contributed by atoms with Crippen molar-refractivity contribution in [1.82, 2.24) is 14.9 Å². The molecule has 0 atom stereocenters. The minimum atomic E-state index is -0.122. The average Bonchev–Trinajstić information content (AvgIpc) is 2.80. The van der Waals surface area contributed by atoms with Gasteiger partial charge in [0.25, 0.3) is 5.56 Å². The van der Waals surface area contributed by atoms with Crippen molar-refractivity contribution in [2.75, 3.05) is 12.9 Å². The number of hydrogen-bond acceptors (Lipinski definition) is 5. The first-order valence-corrected chi connectivity index (χ1v) is 11.0. The van der Waals surface area contributed by atoms with Gasteiger partial charge < -0.3 is 10.1 Å². The van der Waals surface area contributed by atoms with Crippen LogP contribution in [0.25, 0.3) is 21.7 Å². The number of aromatic nitrogens is 2. The van der Waals surface area contributed by atoms with Crippen LogP contribution in [0.5, 0.6) is 5.75 Å². The van der Waals surface area contributed by atoms with E-state index >= 15 is 0 Å². The number of carbonyl (C=O) groups excluding carboxylic acids is 1. The lowest BCUT2D eigenvalue weighted by Gasteiger charge is -2.12. The van der Waals surface area contributed by atoms with Crippen molar-refractivity contribution in [2.24, 2.45) is 0 Å². The van der Waals surface area contributed by atoms with Gasteiger partial charge in [0, 0.05) is 13.1 Å². The van der Waals surface area contributed by atoms with Crippen LogP contribution < -0.4 is 15.6 Å². The molecule has 0 saturated heterocycles. The SMILES string of the molecule is CCn1c(SCC(=O)NCc2cccc(OC)c2)nc2cc3ccccc3cc2c1=O. The number of thioether (sulfide) groups is 1. The van der Waals surface area contributed by atoms with Crippen molar-refractivity contribution >= 4 is 39.3 Å². The van der Waals surface area contributed by atoms with Crippen LogP contribution in [0.4, 0.5) is 0 Å². The molecular weight excluding hydrogens is 410 g/mol. The van der Waals surface area contributed by atoms with Crippen molar-refractivity contribution < 1.29 is 9.53 Å². The highest BCUT2D eigenvalue weighted by molar-refractivity contribution is 7.99. The van der Waals surface area contributed by atoms with E-state index in [9.17, 15) is 9.59 Å². The first-order chi connectivity index (χ1) is 15.1. The second kappa shape index (κ2) is 9.22. The summed E-state index contributed by atoms with van der Waals surface area (Å²) >= 11 is 1.27. The number of fused-ring (bicyclic) bond motifs is 2. The number of carbonyl (C=O) groups is 1. The molecule has 1 heterocycles. The molecule has 0 radical (unpaired) electrons. The Bertz CT molecular complexity index is 1320. The molecule has 1 aromatic heterocycles. The average molecular weight is 434 g/mol. The van der Waals surface area contributed by atoms with Gasteiger partial charge in [-0.25, -0.2) is 4.98 Å². The number of hydrogen-bond donors (Lipinski definition) is 1.